The number of carbonyl (C=O) groups is 2. The van der Waals surface area contributed by atoms with Crippen LogP contribution in [-0.2, 0) is 16.0 Å². The molecule has 26 heavy (non-hydrogen) atoms. The quantitative estimate of drug-likeness (QED) is 0.618. The summed E-state index contributed by atoms with van der Waals surface area (Å²) in [6.07, 6.45) is 5.11. The Balaban J connectivity index is 2.08. The topological polar surface area (TPSA) is 92.2 Å². The van der Waals surface area contributed by atoms with Crippen molar-refractivity contribution in [2.24, 2.45) is 11.8 Å². The molecular weight excluding hydrogens is 350 g/mol. The maximum atomic E-state index is 12.3. The Hall–Kier alpha value is -2.41. The number of benzene rings is 1. The van der Waals surface area contributed by atoms with Gasteiger partial charge in [-0.3, -0.25) is 4.79 Å². The van der Waals surface area contributed by atoms with Gasteiger partial charge in [0.1, 0.15) is 12.4 Å². The summed E-state index contributed by atoms with van der Waals surface area (Å²) in [5.41, 5.74) is 2.65. The number of carboxylic acid groups (broad SMARTS) is 1. The average Bonchev–Trinajstić information content (AvgIpc) is 2.62. The van der Waals surface area contributed by atoms with Crippen molar-refractivity contribution < 1.29 is 14.7 Å². The zero-order valence-corrected chi connectivity index (χ0v) is 15.7. The summed E-state index contributed by atoms with van der Waals surface area (Å²) >= 11 is 4.20. The van der Waals surface area contributed by atoms with Crippen molar-refractivity contribution in [1.29, 1.82) is 0 Å². The normalized spacial score (nSPS) is 13.2. The third kappa shape index (κ3) is 5.29. The van der Waals surface area contributed by atoms with Gasteiger partial charge in [-0.2, -0.15) is 12.6 Å². The van der Waals surface area contributed by atoms with Gasteiger partial charge in [0.25, 0.3) is 0 Å². The Morgan fingerprint density at radius 1 is 1.12 bits per heavy atom. The first-order chi connectivity index (χ1) is 12.4. The first kappa shape index (κ1) is 19.9. The summed E-state index contributed by atoms with van der Waals surface area (Å²) < 4.78 is 0. The van der Waals surface area contributed by atoms with Crippen LogP contribution in [0.15, 0.2) is 43.0 Å². The van der Waals surface area contributed by atoms with Crippen LogP contribution < -0.4 is 5.32 Å². The van der Waals surface area contributed by atoms with Crippen LogP contribution in [0.5, 0.6) is 0 Å². The van der Waals surface area contributed by atoms with E-state index in [9.17, 15) is 14.7 Å². The number of nitrogens with zero attached hydrogens (tertiary/aromatic N) is 2. The molecule has 0 saturated heterocycles. The van der Waals surface area contributed by atoms with E-state index in [1.165, 1.54) is 6.33 Å². The van der Waals surface area contributed by atoms with E-state index in [-0.39, 0.29) is 24.2 Å². The molecule has 0 aliphatic carbocycles. The van der Waals surface area contributed by atoms with Crippen LogP contribution in [0.25, 0.3) is 11.1 Å². The molecule has 1 aromatic heterocycles. The van der Waals surface area contributed by atoms with Gasteiger partial charge in [-0.05, 0) is 17.0 Å². The summed E-state index contributed by atoms with van der Waals surface area (Å²) in [5, 5.41) is 12.1. The van der Waals surface area contributed by atoms with Gasteiger partial charge in [0, 0.05) is 36.0 Å². The fourth-order valence-electron chi connectivity index (χ4n) is 2.59. The number of rotatable bonds is 8. The van der Waals surface area contributed by atoms with E-state index < -0.39 is 12.0 Å². The van der Waals surface area contributed by atoms with Crippen LogP contribution in [0, 0.1) is 11.8 Å². The molecule has 2 N–H and O–H groups in total. The van der Waals surface area contributed by atoms with Gasteiger partial charge in [-0.15, -0.1) is 0 Å². The second-order valence-electron chi connectivity index (χ2n) is 6.46. The third-order valence-corrected chi connectivity index (χ3v) is 4.63. The van der Waals surface area contributed by atoms with Crippen molar-refractivity contribution in [1.82, 2.24) is 15.3 Å². The maximum Gasteiger partial charge on any atom is 0.326 e. The number of hydrogen-bond donors (Lipinski definition) is 3. The molecule has 0 aliphatic heterocycles. The molecular formula is C19H23N3O3S. The number of carbonyl (C=O) groups excluding carboxylic acids is 1. The van der Waals surface area contributed by atoms with Gasteiger partial charge in [-0.25, -0.2) is 14.8 Å². The Morgan fingerprint density at radius 3 is 2.23 bits per heavy atom. The number of aromatic nitrogens is 2. The van der Waals surface area contributed by atoms with E-state index in [4.69, 9.17) is 0 Å². The lowest BCUT2D eigenvalue weighted by Crippen LogP contribution is -2.46. The van der Waals surface area contributed by atoms with Gasteiger partial charge in [-0.1, -0.05) is 38.1 Å². The minimum absolute atomic E-state index is 0.0920. The summed E-state index contributed by atoms with van der Waals surface area (Å²) in [4.78, 5) is 31.8. The predicted octanol–water partition coefficient (Wildman–Crippen LogP) is 2.46. The fourth-order valence-corrected chi connectivity index (χ4v) is 3.18. The monoisotopic (exact) mass is 373 g/mol. The average molecular weight is 373 g/mol. The highest BCUT2D eigenvalue weighted by Crippen LogP contribution is 2.19. The highest BCUT2D eigenvalue weighted by molar-refractivity contribution is 7.80. The molecule has 0 saturated carbocycles. The van der Waals surface area contributed by atoms with Crippen LogP contribution >= 0.6 is 12.6 Å². The van der Waals surface area contributed by atoms with Gasteiger partial charge in [0.15, 0.2) is 0 Å². The van der Waals surface area contributed by atoms with Crippen LogP contribution in [0.2, 0.25) is 0 Å². The van der Waals surface area contributed by atoms with Crippen molar-refractivity contribution in [3.63, 3.8) is 0 Å². The van der Waals surface area contributed by atoms with Crippen molar-refractivity contribution in [2.45, 2.75) is 26.3 Å². The standard InChI is InChI=1S/C19H23N3O3S/c1-12(2)16(10-26)18(23)22-17(19(24)25)7-13-3-5-14(6-4-13)15-8-20-11-21-9-15/h3-6,8-9,11-12,16-17,26H,7,10H2,1-2H3,(H,22,23)(H,24,25)/t16?,17-/m0/s1. The lowest BCUT2D eigenvalue weighted by Gasteiger charge is -2.21. The number of nitrogens with one attached hydrogen (secondary N) is 1. The van der Waals surface area contributed by atoms with Crippen molar-refractivity contribution in [2.75, 3.05) is 5.75 Å². The molecule has 138 valence electrons. The van der Waals surface area contributed by atoms with Gasteiger partial charge in [0.2, 0.25) is 5.91 Å². The number of thiol groups is 1. The smallest absolute Gasteiger partial charge is 0.326 e. The molecule has 1 unspecified atom stereocenters. The zero-order valence-electron chi connectivity index (χ0n) is 14.8. The first-order valence-corrected chi connectivity index (χ1v) is 9.04. The molecule has 2 rings (SSSR count). The van der Waals surface area contributed by atoms with E-state index in [2.05, 4.69) is 27.9 Å². The number of amides is 1. The molecule has 2 aromatic rings. The molecule has 1 amide bonds. The van der Waals surface area contributed by atoms with Crippen LogP contribution in [0.3, 0.4) is 0 Å². The fraction of sp³-hybridized carbons (Fsp3) is 0.368. The van der Waals surface area contributed by atoms with E-state index in [1.54, 1.807) is 12.4 Å². The molecule has 1 aromatic carbocycles. The highest BCUT2D eigenvalue weighted by Gasteiger charge is 2.26. The maximum absolute atomic E-state index is 12.3. The van der Waals surface area contributed by atoms with Gasteiger partial charge >= 0.3 is 5.97 Å². The van der Waals surface area contributed by atoms with Gasteiger partial charge in [0.05, 0.1) is 0 Å². The van der Waals surface area contributed by atoms with Gasteiger partial charge < -0.3 is 10.4 Å². The molecule has 0 spiro atoms. The van der Waals surface area contributed by atoms with Crippen LogP contribution in [-0.4, -0.2) is 38.7 Å². The SMILES string of the molecule is CC(C)C(CS)C(=O)N[C@@H](Cc1ccc(-c2cncnc2)cc1)C(=O)O. The molecule has 0 aliphatic rings. The van der Waals surface area contributed by atoms with E-state index in [0.717, 1.165) is 16.7 Å². The molecule has 7 heteroatoms. The van der Waals surface area contributed by atoms with Crippen molar-refractivity contribution in [3.8, 4) is 11.1 Å². The first-order valence-electron chi connectivity index (χ1n) is 8.40. The summed E-state index contributed by atoms with van der Waals surface area (Å²) in [7, 11) is 0. The number of carboxylic acids is 1. The second-order valence-corrected chi connectivity index (χ2v) is 6.83. The number of hydrogen-bond acceptors (Lipinski definition) is 5. The van der Waals surface area contributed by atoms with E-state index in [1.807, 2.05) is 38.1 Å². The lowest BCUT2D eigenvalue weighted by atomic mass is 9.96. The van der Waals surface area contributed by atoms with Crippen LogP contribution in [0.4, 0.5) is 0 Å². The number of aliphatic carboxylic acids is 1. The highest BCUT2D eigenvalue weighted by atomic mass is 32.1. The second kappa shape index (κ2) is 9.33. The summed E-state index contributed by atoms with van der Waals surface area (Å²) in [6, 6.07) is 6.50. The third-order valence-electron chi connectivity index (χ3n) is 4.24. The van der Waals surface area contributed by atoms with E-state index in [0.29, 0.717) is 5.75 Å². The summed E-state index contributed by atoms with van der Waals surface area (Å²) in [6.45, 7) is 3.84. The van der Waals surface area contributed by atoms with E-state index >= 15 is 0 Å². The summed E-state index contributed by atoms with van der Waals surface area (Å²) in [5.74, 6) is -1.18. The Labute approximate surface area is 158 Å². The molecule has 0 bridgehead atoms. The Bertz CT molecular complexity index is 735. The molecule has 6 nitrogen and oxygen atoms in total. The van der Waals surface area contributed by atoms with Crippen molar-refractivity contribution >= 4 is 24.5 Å². The molecule has 0 radical (unpaired) electrons. The zero-order chi connectivity index (χ0) is 19.1. The van der Waals surface area contributed by atoms with Crippen molar-refractivity contribution in [3.05, 3.63) is 48.5 Å². The Morgan fingerprint density at radius 2 is 1.73 bits per heavy atom. The minimum Gasteiger partial charge on any atom is -0.480 e. The lowest BCUT2D eigenvalue weighted by molar-refractivity contribution is -0.142. The van der Waals surface area contributed by atoms with Crippen LogP contribution in [0.1, 0.15) is 19.4 Å². The minimum atomic E-state index is -1.06. The molecule has 0 fully saturated rings. The molecule has 2 atom stereocenters. The Kier molecular flexibility index (Phi) is 7.15. The molecule has 1 heterocycles. The largest absolute Gasteiger partial charge is 0.480 e. The predicted molar refractivity (Wildman–Crippen MR) is 103 cm³/mol.